The molecule has 0 fully saturated rings. The standard InChI is InChI=1S/C18H17N3OS2/c22-17(20-16-6-3-9-23-16)21-18-19-15(11-24-18)14-8-7-12-4-1-2-5-13(12)10-14/h3,6-11H,1-2,4-5H2,(H2,19,20,21,22). The molecule has 122 valence electrons. The summed E-state index contributed by atoms with van der Waals surface area (Å²) < 4.78 is 0. The van der Waals surface area contributed by atoms with Gasteiger partial charge in [-0.2, -0.15) is 0 Å². The molecule has 3 aromatic rings. The molecule has 0 saturated carbocycles. The van der Waals surface area contributed by atoms with Gasteiger partial charge in [0.1, 0.15) is 0 Å². The summed E-state index contributed by atoms with van der Waals surface area (Å²) in [7, 11) is 0. The van der Waals surface area contributed by atoms with Crippen molar-refractivity contribution < 1.29 is 4.79 Å². The fraction of sp³-hybridized carbons (Fsp3) is 0.222. The lowest BCUT2D eigenvalue weighted by Crippen LogP contribution is -2.18. The van der Waals surface area contributed by atoms with Crippen LogP contribution >= 0.6 is 22.7 Å². The van der Waals surface area contributed by atoms with Crippen molar-refractivity contribution in [3.63, 3.8) is 0 Å². The first-order chi connectivity index (χ1) is 11.8. The van der Waals surface area contributed by atoms with Crippen LogP contribution in [0.25, 0.3) is 11.3 Å². The molecule has 6 heteroatoms. The molecule has 0 unspecified atom stereocenters. The predicted octanol–water partition coefficient (Wildman–Crippen LogP) is 5.39. The molecule has 2 amide bonds. The Labute approximate surface area is 148 Å². The van der Waals surface area contributed by atoms with E-state index in [1.807, 2.05) is 22.9 Å². The van der Waals surface area contributed by atoms with Crippen molar-refractivity contribution in [3.05, 3.63) is 52.2 Å². The zero-order valence-corrected chi connectivity index (χ0v) is 14.7. The number of nitrogens with zero attached hydrogens (tertiary/aromatic N) is 1. The number of thiazole rings is 1. The van der Waals surface area contributed by atoms with E-state index in [4.69, 9.17) is 0 Å². The number of carbonyl (C=O) groups excluding carboxylic acids is 1. The molecule has 2 aromatic heterocycles. The van der Waals surface area contributed by atoms with Crippen LogP contribution in [0.5, 0.6) is 0 Å². The molecule has 24 heavy (non-hydrogen) atoms. The fourth-order valence-electron chi connectivity index (χ4n) is 2.95. The highest BCUT2D eigenvalue weighted by molar-refractivity contribution is 7.14. The Morgan fingerprint density at radius 2 is 1.92 bits per heavy atom. The summed E-state index contributed by atoms with van der Waals surface area (Å²) in [6.07, 6.45) is 4.89. The Morgan fingerprint density at radius 1 is 1.04 bits per heavy atom. The number of aryl methyl sites for hydroxylation is 2. The topological polar surface area (TPSA) is 54.0 Å². The van der Waals surface area contributed by atoms with Gasteiger partial charge in [-0.05, 0) is 60.4 Å². The van der Waals surface area contributed by atoms with Gasteiger partial charge in [0.05, 0.1) is 10.7 Å². The molecule has 0 bridgehead atoms. The lowest BCUT2D eigenvalue weighted by atomic mass is 9.90. The van der Waals surface area contributed by atoms with Crippen LogP contribution in [0.3, 0.4) is 0 Å². The fourth-order valence-corrected chi connectivity index (χ4v) is 4.27. The van der Waals surface area contributed by atoms with Crippen LogP contribution in [0.2, 0.25) is 0 Å². The molecule has 0 spiro atoms. The number of rotatable bonds is 3. The van der Waals surface area contributed by atoms with Crippen molar-refractivity contribution >= 4 is 38.8 Å². The summed E-state index contributed by atoms with van der Waals surface area (Å²) in [6.45, 7) is 0. The minimum absolute atomic E-state index is 0.260. The largest absolute Gasteiger partial charge is 0.326 e. The normalized spacial score (nSPS) is 13.3. The van der Waals surface area contributed by atoms with Crippen molar-refractivity contribution in [1.82, 2.24) is 4.98 Å². The molecule has 2 N–H and O–H groups in total. The molecule has 1 aliphatic rings. The second-order valence-corrected chi connectivity index (χ2v) is 7.59. The molecule has 1 aromatic carbocycles. The van der Waals surface area contributed by atoms with E-state index >= 15 is 0 Å². The van der Waals surface area contributed by atoms with Gasteiger partial charge in [0.25, 0.3) is 0 Å². The minimum atomic E-state index is -0.260. The van der Waals surface area contributed by atoms with Crippen LogP contribution < -0.4 is 10.6 Å². The van der Waals surface area contributed by atoms with Gasteiger partial charge in [0, 0.05) is 10.9 Å². The van der Waals surface area contributed by atoms with Crippen LogP contribution in [0.1, 0.15) is 24.0 Å². The van der Waals surface area contributed by atoms with E-state index < -0.39 is 0 Å². The Kier molecular flexibility index (Phi) is 4.32. The number of anilines is 2. The monoisotopic (exact) mass is 355 g/mol. The molecule has 2 heterocycles. The Hall–Kier alpha value is -2.18. The van der Waals surface area contributed by atoms with E-state index in [9.17, 15) is 4.79 Å². The van der Waals surface area contributed by atoms with Crippen molar-refractivity contribution in [2.24, 2.45) is 0 Å². The van der Waals surface area contributed by atoms with Gasteiger partial charge in [-0.25, -0.2) is 9.78 Å². The van der Waals surface area contributed by atoms with Crippen LogP contribution in [0, 0.1) is 0 Å². The second-order valence-electron chi connectivity index (χ2n) is 5.78. The number of fused-ring (bicyclic) bond motifs is 1. The van der Waals surface area contributed by atoms with Gasteiger partial charge < -0.3 is 0 Å². The van der Waals surface area contributed by atoms with Gasteiger partial charge in [-0.1, -0.05) is 12.1 Å². The van der Waals surface area contributed by atoms with E-state index in [-0.39, 0.29) is 6.03 Å². The number of thiophene rings is 1. The maximum absolute atomic E-state index is 12.0. The van der Waals surface area contributed by atoms with Crippen LogP contribution in [0.4, 0.5) is 14.9 Å². The third-order valence-electron chi connectivity index (χ3n) is 4.13. The lowest BCUT2D eigenvalue weighted by molar-refractivity contribution is 0.262. The first-order valence-electron chi connectivity index (χ1n) is 7.97. The number of hydrogen-bond acceptors (Lipinski definition) is 4. The third-order valence-corrected chi connectivity index (χ3v) is 5.67. The van der Waals surface area contributed by atoms with Crippen molar-refractivity contribution in [1.29, 1.82) is 0 Å². The average molecular weight is 355 g/mol. The van der Waals surface area contributed by atoms with Gasteiger partial charge in [-0.15, -0.1) is 22.7 Å². The molecule has 1 aliphatic carbocycles. The van der Waals surface area contributed by atoms with Gasteiger partial charge in [0.15, 0.2) is 5.13 Å². The number of benzene rings is 1. The highest BCUT2D eigenvalue weighted by atomic mass is 32.1. The van der Waals surface area contributed by atoms with Crippen molar-refractivity contribution in [2.45, 2.75) is 25.7 Å². The number of urea groups is 1. The smallest absolute Gasteiger partial charge is 0.299 e. The minimum Gasteiger partial charge on any atom is -0.299 e. The highest BCUT2D eigenvalue weighted by Crippen LogP contribution is 2.29. The summed E-state index contributed by atoms with van der Waals surface area (Å²) in [5.74, 6) is 0. The molecule has 0 saturated heterocycles. The van der Waals surface area contributed by atoms with Crippen LogP contribution in [-0.4, -0.2) is 11.0 Å². The summed E-state index contributed by atoms with van der Waals surface area (Å²) >= 11 is 2.93. The number of amides is 2. The van der Waals surface area contributed by atoms with Crippen molar-refractivity contribution in [2.75, 3.05) is 10.6 Å². The quantitative estimate of drug-likeness (QED) is 0.661. The number of aromatic nitrogens is 1. The molecule has 4 rings (SSSR count). The zero-order valence-electron chi connectivity index (χ0n) is 13.0. The lowest BCUT2D eigenvalue weighted by Gasteiger charge is -2.16. The summed E-state index contributed by atoms with van der Waals surface area (Å²) in [5.41, 5.74) is 4.95. The van der Waals surface area contributed by atoms with Crippen LogP contribution in [-0.2, 0) is 12.8 Å². The highest BCUT2D eigenvalue weighted by Gasteiger charge is 2.12. The van der Waals surface area contributed by atoms with E-state index in [1.54, 1.807) is 0 Å². The summed E-state index contributed by atoms with van der Waals surface area (Å²) in [4.78, 5) is 16.5. The molecule has 0 radical (unpaired) electrons. The van der Waals surface area contributed by atoms with E-state index in [2.05, 4.69) is 33.8 Å². The Morgan fingerprint density at radius 3 is 2.75 bits per heavy atom. The Balaban J connectivity index is 1.47. The SMILES string of the molecule is O=C(Nc1cccs1)Nc1nc(-c2ccc3c(c2)CCCC3)cs1. The maximum Gasteiger partial charge on any atom is 0.326 e. The van der Waals surface area contributed by atoms with E-state index in [0.717, 1.165) is 22.7 Å². The maximum atomic E-state index is 12.0. The summed E-state index contributed by atoms with van der Waals surface area (Å²) in [5, 5.41) is 10.9. The van der Waals surface area contributed by atoms with Crippen LogP contribution in [0.15, 0.2) is 41.1 Å². The first kappa shape index (κ1) is 15.4. The zero-order chi connectivity index (χ0) is 16.4. The third kappa shape index (κ3) is 3.34. The molecular formula is C18H17N3OS2. The molecule has 0 aliphatic heterocycles. The van der Waals surface area contributed by atoms with Gasteiger partial charge in [-0.3, -0.25) is 10.6 Å². The van der Waals surface area contributed by atoms with Gasteiger partial charge >= 0.3 is 6.03 Å². The average Bonchev–Trinajstić information content (AvgIpc) is 3.26. The number of carbonyl (C=O) groups is 1. The Bertz CT molecular complexity index is 855. The molecule has 4 nitrogen and oxygen atoms in total. The second kappa shape index (κ2) is 6.75. The van der Waals surface area contributed by atoms with E-state index in [1.165, 1.54) is 53.1 Å². The number of hydrogen-bond donors (Lipinski definition) is 2. The van der Waals surface area contributed by atoms with Crippen molar-refractivity contribution in [3.8, 4) is 11.3 Å². The number of nitrogens with one attached hydrogen (secondary N) is 2. The first-order valence-corrected chi connectivity index (χ1v) is 9.73. The molecule has 0 atom stereocenters. The summed E-state index contributed by atoms with van der Waals surface area (Å²) in [6, 6.07) is 10.1. The van der Waals surface area contributed by atoms with Gasteiger partial charge in [0.2, 0.25) is 0 Å². The van der Waals surface area contributed by atoms with E-state index in [0.29, 0.717) is 5.13 Å². The molecular weight excluding hydrogens is 338 g/mol. The predicted molar refractivity (Wildman–Crippen MR) is 101 cm³/mol.